The van der Waals surface area contributed by atoms with Gasteiger partial charge in [0.15, 0.2) is 0 Å². The van der Waals surface area contributed by atoms with Crippen LogP contribution in [0.4, 0.5) is 15.1 Å². The smallest absolute Gasteiger partial charge is 0.414 e. The van der Waals surface area contributed by atoms with Crippen LogP contribution in [0.3, 0.4) is 0 Å². The predicted octanol–water partition coefficient (Wildman–Crippen LogP) is 6.32. The molecule has 0 fully saturated rings. The van der Waals surface area contributed by atoms with Crippen molar-refractivity contribution in [1.82, 2.24) is 5.16 Å². The predicted molar refractivity (Wildman–Crippen MR) is 103 cm³/mol. The van der Waals surface area contributed by atoms with Crippen molar-refractivity contribution in [2.75, 3.05) is 5.32 Å². The third kappa shape index (κ3) is 4.31. The first-order valence-electron chi connectivity index (χ1n) is 7.74. The van der Waals surface area contributed by atoms with Crippen LogP contribution in [0.5, 0.6) is 0 Å². The maximum atomic E-state index is 13.3. The van der Waals surface area contributed by atoms with Crippen LogP contribution in [0, 0.1) is 5.82 Å². The first kappa shape index (κ1) is 18.6. The van der Waals surface area contributed by atoms with Gasteiger partial charge in [-0.2, -0.15) is 0 Å². The fourth-order valence-corrected chi connectivity index (χ4v) is 3.64. The van der Waals surface area contributed by atoms with E-state index in [0.29, 0.717) is 16.8 Å². The van der Waals surface area contributed by atoms with E-state index in [1.165, 1.54) is 23.5 Å². The summed E-state index contributed by atoms with van der Waals surface area (Å²) >= 11 is 4.89. The molecule has 0 aliphatic heterocycles. The maximum absolute atomic E-state index is 13.3. The van der Waals surface area contributed by atoms with Crippen LogP contribution >= 0.6 is 27.3 Å². The van der Waals surface area contributed by atoms with Gasteiger partial charge in [-0.05, 0) is 66.5 Å². The Balaban J connectivity index is 2.03. The number of nitrogens with zero attached hydrogens (tertiary/aromatic N) is 1. The minimum Gasteiger partial charge on any atom is -0.444 e. The molecule has 0 spiro atoms. The highest BCUT2D eigenvalue weighted by molar-refractivity contribution is 9.11. The lowest BCUT2D eigenvalue weighted by atomic mass is 10.0. The van der Waals surface area contributed by atoms with Crippen molar-refractivity contribution in [1.29, 1.82) is 0 Å². The second-order valence-electron chi connectivity index (χ2n) is 6.47. The lowest BCUT2D eigenvalue weighted by Gasteiger charge is -2.19. The van der Waals surface area contributed by atoms with E-state index in [4.69, 9.17) is 9.26 Å². The van der Waals surface area contributed by atoms with Crippen LogP contribution in [-0.4, -0.2) is 16.9 Å². The molecule has 0 atom stereocenters. The molecule has 2 heterocycles. The number of rotatable bonds is 3. The van der Waals surface area contributed by atoms with Crippen molar-refractivity contribution in [3.05, 3.63) is 46.0 Å². The third-order valence-electron chi connectivity index (χ3n) is 3.25. The number of thiophene rings is 1. The van der Waals surface area contributed by atoms with Gasteiger partial charge in [-0.15, -0.1) is 11.3 Å². The molecule has 1 N–H and O–H groups in total. The summed E-state index contributed by atoms with van der Waals surface area (Å²) in [5.41, 5.74) is 1.13. The van der Waals surface area contributed by atoms with Crippen molar-refractivity contribution in [3.63, 3.8) is 0 Å². The standard InChI is InChI=1S/C18H16BrFN2O3S/c1-18(2,3)24-17(23)21-16-14(10-4-6-11(20)7-5-10)15(22-25-16)12-8-9-13(19)26-12/h4-9H,1-3H3,(H,21,23). The Morgan fingerprint density at radius 1 is 1.23 bits per heavy atom. The zero-order valence-corrected chi connectivity index (χ0v) is 16.7. The molecule has 0 saturated carbocycles. The topological polar surface area (TPSA) is 64.4 Å². The summed E-state index contributed by atoms with van der Waals surface area (Å²) in [7, 11) is 0. The minimum absolute atomic E-state index is 0.144. The van der Waals surface area contributed by atoms with Gasteiger partial charge in [-0.25, -0.2) is 9.18 Å². The van der Waals surface area contributed by atoms with Gasteiger partial charge in [0, 0.05) is 0 Å². The number of carbonyl (C=O) groups is 1. The van der Waals surface area contributed by atoms with E-state index in [0.717, 1.165) is 8.66 Å². The second-order valence-corrected chi connectivity index (χ2v) is 8.94. The number of nitrogens with one attached hydrogen (secondary N) is 1. The van der Waals surface area contributed by atoms with Crippen molar-refractivity contribution in [2.24, 2.45) is 0 Å². The lowest BCUT2D eigenvalue weighted by molar-refractivity contribution is 0.0631. The van der Waals surface area contributed by atoms with Crippen LogP contribution in [-0.2, 0) is 4.74 Å². The molecular formula is C18H16BrFN2O3S. The van der Waals surface area contributed by atoms with Crippen LogP contribution in [0.1, 0.15) is 20.8 Å². The van der Waals surface area contributed by atoms with E-state index in [1.54, 1.807) is 32.9 Å². The third-order valence-corrected chi connectivity index (χ3v) is 4.88. The zero-order chi connectivity index (χ0) is 18.9. The number of hydrogen-bond acceptors (Lipinski definition) is 5. The van der Waals surface area contributed by atoms with Gasteiger partial charge in [-0.3, -0.25) is 5.32 Å². The largest absolute Gasteiger partial charge is 0.444 e. The minimum atomic E-state index is -0.657. The highest BCUT2D eigenvalue weighted by Crippen LogP contribution is 2.41. The summed E-state index contributed by atoms with van der Waals surface area (Å²) in [6.07, 6.45) is -0.657. The quantitative estimate of drug-likeness (QED) is 0.519. The van der Waals surface area contributed by atoms with Gasteiger partial charge in [-0.1, -0.05) is 17.3 Å². The Kier molecular flexibility index (Phi) is 5.15. The molecule has 1 amide bonds. The average molecular weight is 439 g/mol. The molecule has 0 aliphatic carbocycles. The Labute approximate surface area is 162 Å². The van der Waals surface area contributed by atoms with E-state index < -0.39 is 11.7 Å². The van der Waals surface area contributed by atoms with E-state index in [-0.39, 0.29) is 11.7 Å². The molecule has 8 heteroatoms. The summed E-state index contributed by atoms with van der Waals surface area (Å²) in [5, 5.41) is 6.68. The number of hydrogen-bond donors (Lipinski definition) is 1. The number of ether oxygens (including phenoxy) is 1. The highest BCUT2D eigenvalue weighted by Gasteiger charge is 2.24. The fourth-order valence-electron chi connectivity index (χ4n) is 2.27. The first-order valence-corrected chi connectivity index (χ1v) is 9.35. The van der Waals surface area contributed by atoms with Crippen LogP contribution in [0.25, 0.3) is 21.7 Å². The second kappa shape index (κ2) is 7.20. The summed E-state index contributed by atoms with van der Waals surface area (Å²) in [6, 6.07) is 9.67. The molecule has 26 heavy (non-hydrogen) atoms. The lowest BCUT2D eigenvalue weighted by Crippen LogP contribution is -2.27. The zero-order valence-electron chi connectivity index (χ0n) is 14.3. The summed E-state index contributed by atoms with van der Waals surface area (Å²) in [4.78, 5) is 13.0. The van der Waals surface area contributed by atoms with Crippen LogP contribution in [0.2, 0.25) is 0 Å². The molecule has 0 saturated heterocycles. The van der Waals surface area contributed by atoms with Gasteiger partial charge in [0.1, 0.15) is 17.1 Å². The summed E-state index contributed by atoms with van der Waals surface area (Å²) in [5.74, 6) is -0.211. The number of halogens is 2. The molecular weight excluding hydrogens is 423 g/mol. The van der Waals surface area contributed by atoms with Crippen LogP contribution < -0.4 is 5.32 Å². The monoisotopic (exact) mass is 438 g/mol. The number of benzene rings is 1. The molecule has 0 unspecified atom stereocenters. The molecule has 0 bridgehead atoms. The van der Waals surface area contributed by atoms with Crippen molar-refractivity contribution in [2.45, 2.75) is 26.4 Å². The molecule has 3 rings (SSSR count). The van der Waals surface area contributed by atoms with E-state index in [2.05, 4.69) is 26.4 Å². The van der Waals surface area contributed by atoms with Crippen LogP contribution in [0.15, 0.2) is 44.7 Å². The van der Waals surface area contributed by atoms with Crippen molar-refractivity contribution in [3.8, 4) is 21.7 Å². The van der Waals surface area contributed by atoms with E-state index >= 15 is 0 Å². The van der Waals surface area contributed by atoms with Crippen molar-refractivity contribution >= 4 is 39.2 Å². The Morgan fingerprint density at radius 2 is 1.92 bits per heavy atom. The number of carbonyl (C=O) groups excluding carboxylic acids is 1. The first-order chi connectivity index (χ1) is 12.2. The van der Waals surface area contributed by atoms with E-state index in [1.807, 2.05) is 12.1 Å². The fraction of sp³-hybridized carbons (Fsp3) is 0.222. The molecule has 2 aromatic heterocycles. The Hall–Kier alpha value is -2.19. The summed E-state index contributed by atoms with van der Waals surface area (Å²) in [6.45, 7) is 5.30. The van der Waals surface area contributed by atoms with Gasteiger partial charge in [0.25, 0.3) is 0 Å². The Bertz CT molecular complexity index is 929. The number of aromatic nitrogens is 1. The number of amides is 1. The van der Waals surface area contributed by atoms with Gasteiger partial charge in [0.2, 0.25) is 5.88 Å². The molecule has 136 valence electrons. The van der Waals surface area contributed by atoms with Gasteiger partial charge in [0.05, 0.1) is 14.2 Å². The normalized spacial score (nSPS) is 11.4. The molecule has 0 radical (unpaired) electrons. The SMILES string of the molecule is CC(C)(C)OC(=O)Nc1onc(-c2ccc(Br)s2)c1-c1ccc(F)cc1. The maximum Gasteiger partial charge on any atom is 0.414 e. The highest BCUT2D eigenvalue weighted by atomic mass is 79.9. The summed E-state index contributed by atoms with van der Waals surface area (Å²) < 4.78 is 24.9. The molecule has 5 nitrogen and oxygen atoms in total. The number of anilines is 1. The van der Waals surface area contributed by atoms with E-state index in [9.17, 15) is 9.18 Å². The van der Waals surface area contributed by atoms with Crippen molar-refractivity contribution < 1.29 is 18.4 Å². The molecule has 1 aromatic carbocycles. The average Bonchev–Trinajstić information content (AvgIpc) is 3.12. The molecule has 0 aliphatic rings. The Morgan fingerprint density at radius 3 is 2.50 bits per heavy atom. The van der Waals surface area contributed by atoms with Gasteiger partial charge < -0.3 is 9.26 Å². The van der Waals surface area contributed by atoms with Gasteiger partial charge >= 0.3 is 6.09 Å². The molecule has 3 aromatic rings.